The highest BCUT2D eigenvalue weighted by molar-refractivity contribution is 5.99. The van der Waals surface area contributed by atoms with Crippen LogP contribution in [0.15, 0.2) is 18.3 Å². The van der Waals surface area contributed by atoms with Gasteiger partial charge in [-0.15, -0.1) is 0 Å². The van der Waals surface area contributed by atoms with Gasteiger partial charge in [-0.3, -0.25) is 4.79 Å². The van der Waals surface area contributed by atoms with Gasteiger partial charge in [0.2, 0.25) is 5.75 Å². The number of anilines is 1. The molecule has 2 aliphatic heterocycles. The molecular weight excluding hydrogens is 434 g/mol. The fourth-order valence-electron chi connectivity index (χ4n) is 4.66. The first kappa shape index (κ1) is 24.1. The number of carbonyl (C=O) groups is 1. The topological polar surface area (TPSA) is 80.3 Å². The van der Waals surface area contributed by atoms with Gasteiger partial charge in [0.1, 0.15) is 11.4 Å². The van der Waals surface area contributed by atoms with Crippen molar-refractivity contribution in [3.05, 3.63) is 23.9 Å². The van der Waals surface area contributed by atoms with E-state index in [1.807, 2.05) is 17.0 Å². The SMILES string of the molecule is CCN1CCN(C(=O)c2cnc(-c3cc(OC)c(OC)c(OC)c3)nc2N2CCCCC2)CC1. The summed E-state index contributed by atoms with van der Waals surface area (Å²) in [7, 11) is 4.74. The van der Waals surface area contributed by atoms with Crippen LogP contribution >= 0.6 is 0 Å². The number of rotatable bonds is 7. The van der Waals surface area contributed by atoms with Crippen LogP contribution in [0.4, 0.5) is 5.82 Å². The van der Waals surface area contributed by atoms with Gasteiger partial charge in [-0.2, -0.15) is 0 Å². The van der Waals surface area contributed by atoms with Crippen molar-refractivity contribution in [2.45, 2.75) is 26.2 Å². The normalized spacial score (nSPS) is 16.9. The molecule has 2 aromatic rings. The Morgan fingerprint density at radius 2 is 1.56 bits per heavy atom. The van der Waals surface area contributed by atoms with Crippen LogP contribution in [0.1, 0.15) is 36.5 Å². The van der Waals surface area contributed by atoms with Crippen LogP contribution in [0.2, 0.25) is 0 Å². The van der Waals surface area contributed by atoms with Gasteiger partial charge in [-0.05, 0) is 37.9 Å². The van der Waals surface area contributed by atoms with E-state index in [4.69, 9.17) is 19.2 Å². The molecule has 2 fully saturated rings. The summed E-state index contributed by atoms with van der Waals surface area (Å²) in [6.07, 6.45) is 5.06. The summed E-state index contributed by atoms with van der Waals surface area (Å²) >= 11 is 0. The molecule has 9 heteroatoms. The summed E-state index contributed by atoms with van der Waals surface area (Å²) in [4.78, 5) is 29.6. The van der Waals surface area contributed by atoms with Crippen molar-refractivity contribution >= 4 is 11.7 Å². The molecule has 2 saturated heterocycles. The predicted molar refractivity (Wildman–Crippen MR) is 131 cm³/mol. The molecule has 0 spiro atoms. The van der Waals surface area contributed by atoms with Gasteiger partial charge < -0.3 is 28.9 Å². The van der Waals surface area contributed by atoms with Crippen molar-refractivity contribution in [2.24, 2.45) is 0 Å². The van der Waals surface area contributed by atoms with Crippen LogP contribution in [0.25, 0.3) is 11.4 Å². The Balaban J connectivity index is 1.72. The summed E-state index contributed by atoms with van der Waals surface area (Å²) in [5, 5.41) is 0. The van der Waals surface area contributed by atoms with Crippen molar-refractivity contribution in [2.75, 3.05) is 72.0 Å². The molecule has 4 rings (SSSR count). The molecule has 0 saturated carbocycles. The Labute approximate surface area is 201 Å². The van der Waals surface area contributed by atoms with Crippen LogP contribution in [-0.2, 0) is 0 Å². The first-order valence-electron chi connectivity index (χ1n) is 12.0. The number of methoxy groups -OCH3 is 3. The fraction of sp³-hybridized carbons (Fsp3) is 0.560. The van der Waals surface area contributed by atoms with Crippen molar-refractivity contribution in [1.29, 1.82) is 0 Å². The zero-order chi connectivity index (χ0) is 24.1. The average molecular weight is 470 g/mol. The van der Waals surface area contributed by atoms with E-state index in [1.54, 1.807) is 27.5 Å². The van der Waals surface area contributed by atoms with E-state index >= 15 is 0 Å². The Hall–Kier alpha value is -3.07. The molecule has 34 heavy (non-hydrogen) atoms. The smallest absolute Gasteiger partial charge is 0.259 e. The minimum atomic E-state index is 0.00719. The maximum atomic E-state index is 13.5. The molecule has 0 atom stereocenters. The molecule has 184 valence electrons. The minimum Gasteiger partial charge on any atom is -0.493 e. The van der Waals surface area contributed by atoms with Crippen LogP contribution < -0.4 is 19.1 Å². The second-order valence-electron chi connectivity index (χ2n) is 8.62. The number of piperidine rings is 1. The number of aromatic nitrogens is 2. The zero-order valence-electron chi connectivity index (χ0n) is 20.7. The maximum Gasteiger partial charge on any atom is 0.259 e. The molecule has 0 N–H and O–H groups in total. The minimum absolute atomic E-state index is 0.00719. The predicted octanol–water partition coefficient (Wildman–Crippen LogP) is 2.94. The molecular formula is C25H35N5O4. The Kier molecular flexibility index (Phi) is 7.72. The van der Waals surface area contributed by atoms with Gasteiger partial charge in [0.05, 0.1) is 21.3 Å². The number of hydrogen-bond donors (Lipinski definition) is 0. The van der Waals surface area contributed by atoms with E-state index in [0.29, 0.717) is 34.5 Å². The summed E-state index contributed by atoms with van der Waals surface area (Å²) in [5.74, 6) is 2.83. The lowest BCUT2D eigenvalue weighted by Crippen LogP contribution is -2.48. The Morgan fingerprint density at radius 3 is 2.12 bits per heavy atom. The van der Waals surface area contributed by atoms with E-state index in [0.717, 1.165) is 64.2 Å². The molecule has 0 bridgehead atoms. The number of amides is 1. The number of ether oxygens (including phenoxy) is 3. The lowest BCUT2D eigenvalue weighted by atomic mass is 10.1. The van der Waals surface area contributed by atoms with E-state index < -0.39 is 0 Å². The number of nitrogens with zero attached hydrogens (tertiary/aromatic N) is 5. The van der Waals surface area contributed by atoms with Crippen molar-refractivity contribution in [1.82, 2.24) is 19.8 Å². The largest absolute Gasteiger partial charge is 0.493 e. The van der Waals surface area contributed by atoms with E-state index in [1.165, 1.54) is 6.42 Å². The highest BCUT2D eigenvalue weighted by Gasteiger charge is 2.28. The first-order valence-corrected chi connectivity index (χ1v) is 12.0. The molecule has 2 aliphatic rings. The molecule has 1 aromatic heterocycles. The quantitative estimate of drug-likeness (QED) is 0.612. The van der Waals surface area contributed by atoms with E-state index in [2.05, 4.69) is 21.7 Å². The van der Waals surface area contributed by atoms with Gasteiger partial charge in [0, 0.05) is 51.0 Å². The number of piperazine rings is 1. The van der Waals surface area contributed by atoms with Gasteiger partial charge in [0.25, 0.3) is 5.91 Å². The van der Waals surface area contributed by atoms with Crippen LogP contribution in [0, 0.1) is 0 Å². The highest BCUT2D eigenvalue weighted by Crippen LogP contribution is 2.41. The Morgan fingerprint density at radius 1 is 0.912 bits per heavy atom. The van der Waals surface area contributed by atoms with Gasteiger partial charge >= 0.3 is 0 Å². The molecule has 9 nitrogen and oxygen atoms in total. The maximum absolute atomic E-state index is 13.5. The highest BCUT2D eigenvalue weighted by atomic mass is 16.5. The van der Waals surface area contributed by atoms with Crippen LogP contribution in [-0.4, -0.2) is 92.8 Å². The van der Waals surface area contributed by atoms with E-state index in [-0.39, 0.29) is 5.91 Å². The molecule has 1 aromatic carbocycles. The van der Waals surface area contributed by atoms with Gasteiger partial charge in [-0.1, -0.05) is 6.92 Å². The van der Waals surface area contributed by atoms with Gasteiger partial charge in [0.15, 0.2) is 17.3 Å². The summed E-state index contributed by atoms with van der Waals surface area (Å²) < 4.78 is 16.5. The number of benzene rings is 1. The van der Waals surface area contributed by atoms with Gasteiger partial charge in [-0.25, -0.2) is 9.97 Å². The lowest BCUT2D eigenvalue weighted by molar-refractivity contribution is 0.0643. The number of carbonyl (C=O) groups excluding carboxylic acids is 1. The summed E-state index contributed by atoms with van der Waals surface area (Å²) in [5.41, 5.74) is 1.31. The number of likely N-dealkylation sites (N-methyl/N-ethyl adjacent to an activating group) is 1. The van der Waals surface area contributed by atoms with Crippen LogP contribution in [0.3, 0.4) is 0 Å². The standard InChI is InChI=1S/C25H35N5O4/c1-5-28-11-13-30(14-12-28)25(31)19-17-26-23(27-24(19)29-9-7-6-8-10-29)18-15-20(32-2)22(34-4)21(16-18)33-3/h15-17H,5-14H2,1-4H3. The zero-order valence-corrected chi connectivity index (χ0v) is 20.7. The van der Waals surface area contributed by atoms with E-state index in [9.17, 15) is 4.79 Å². The third-order valence-electron chi connectivity index (χ3n) is 6.68. The number of hydrogen-bond acceptors (Lipinski definition) is 8. The fourth-order valence-corrected chi connectivity index (χ4v) is 4.66. The summed E-state index contributed by atoms with van der Waals surface area (Å²) in [6.45, 7) is 8.17. The monoisotopic (exact) mass is 469 g/mol. The Bertz CT molecular complexity index is 976. The summed E-state index contributed by atoms with van der Waals surface area (Å²) in [6, 6.07) is 3.67. The molecule has 0 unspecified atom stereocenters. The third kappa shape index (κ3) is 4.89. The second kappa shape index (κ2) is 10.9. The van der Waals surface area contributed by atoms with Crippen molar-refractivity contribution in [3.8, 4) is 28.6 Å². The van der Waals surface area contributed by atoms with Crippen LogP contribution in [0.5, 0.6) is 17.2 Å². The van der Waals surface area contributed by atoms with Crippen molar-refractivity contribution < 1.29 is 19.0 Å². The molecule has 1 amide bonds. The second-order valence-corrected chi connectivity index (χ2v) is 8.62. The lowest BCUT2D eigenvalue weighted by Gasteiger charge is -2.35. The first-order chi connectivity index (χ1) is 16.6. The molecule has 0 aliphatic carbocycles. The van der Waals surface area contributed by atoms with Crippen molar-refractivity contribution in [3.63, 3.8) is 0 Å². The third-order valence-corrected chi connectivity index (χ3v) is 6.68. The average Bonchev–Trinajstić information content (AvgIpc) is 2.91. The molecule has 3 heterocycles. The molecule has 0 radical (unpaired) electrons.